The summed E-state index contributed by atoms with van der Waals surface area (Å²) in [5.74, 6) is 1.39. The number of fused-ring (bicyclic) bond motifs is 1. The van der Waals surface area contributed by atoms with Crippen LogP contribution in [0, 0.1) is 6.92 Å². The molecule has 1 aliphatic heterocycles. The van der Waals surface area contributed by atoms with Crippen molar-refractivity contribution >= 4 is 11.1 Å². The topological polar surface area (TPSA) is 29.3 Å². The summed E-state index contributed by atoms with van der Waals surface area (Å²) in [4.78, 5) is 7.42. The highest BCUT2D eigenvalue weighted by atomic mass is 16.3. The molecule has 3 rings (SSSR count). The molecule has 120 valence electrons. The van der Waals surface area contributed by atoms with Gasteiger partial charge in [0.15, 0.2) is 11.5 Å². The molecule has 2 heterocycles. The van der Waals surface area contributed by atoms with Crippen molar-refractivity contribution in [2.24, 2.45) is 0 Å². The van der Waals surface area contributed by atoms with Gasteiger partial charge in [-0.15, -0.1) is 0 Å². The van der Waals surface area contributed by atoms with Gasteiger partial charge in [0.05, 0.1) is 0 Å². The third kappa shape index (κ3) is 2.91. The van der Waals surface area contributed by atoms with Gasteiger partial charge >= 0.3 is 0 Å². The Hall–Kier alpha value is -1.35. The largest absolute Gasteiger partial charge is 0.440 e. The van der Waals surface area contributed by atoms with E-state index in [1.165, 1.54) is 12.0 Å². The lowest BCUT2D eigenvalue weighted by molar-refractivity contribution is 0.0381. The number of benzene rings is 1. The highest BCUT2D eigenvalue weighted by molar-refractivity contribution is 5.73. The fourth-order valence-electron chi connectivity index (χ4n) is 3.78. The van der Waals surface area contributed by atoms with E-state index in [-0.39, 0.29) is 5.54 Å². The van der Waals surface area contributed by atoms with Gasteiger partial charge in [0.1, 0.15) is 5.52 Å². The summed E-state index contributed by atoms with van der Waals surface area (Å²) in [7, 11) is 0. The van der Waals surface area contributed by atoms with Crippen molar-refractivity contribution in [3.05, 3.63) is 29.7 Å². The molecule has 0 bridgehead atoms. The lowest BCUT2D eigenvalue weighted by Gasteiger charge is -2.46. The summed E-state index contributed by atoms with van der Waals surface area (Å²) >= 11 is 0. The van der Waals surface area contributed by atoms with Crippen molar-refractivity contribution in [3.8, 4) is 0 Å². The molecule has 0 aliphatic carbocycles. The number of oxazole rings is 1. The molecule has 0 unspecified atom stereocenters. The summed E-state index contributed by atoms with van der Waals surface area (Å²) in [5.41, 5.74) is 3.40. The minimum atomic E-state index is 0.240. The van der Waals surface area contributed by atoms with Crippen molar-refractivity contribution in [1.82, 2.24) is 9.88 Å². The number of rotatable bonds is 2. The third-order valence-electron chi connectivity index (χ3n) is 4.96. The van der Waals surface area contributed by atoms with E-state index in [9.17, 15) is 0 Å². The van der Waals surface area contributed by atoms with E-state index in [0.717, 1.165) is 36.4 Å². The fraction of sp³-hybridized carbons (Fsp3) is 0.632. The smallest absolute Gasteiger partial charge is 0.198 e. The first-order chi connectivity index (χ1) is 10.4. The summed E-state index contributed by atoms with van der Waals surface area (Å²) in [6.07, 6.45) is 3.48. The van der Waals surface area contributed by atoms with Crippen LogP contribution in [0.1, 0.15) is 64.3 Å². The Morgan fingerprint density at radius 2 is 2.09 bits per heavy atom. The zero-order chi connectivity index (χ0) is 15.9. The van der Waals surface area contributed by atoms with Gasteiger partial charge in [-0.1, -0.05) is 13.0 Å². The number of hydrogen-bond donors (Lipinski definition) is 0. The predicted octanol–water partition coefficient (Wildman–Crippen LogP) is 4.89. The van der Waals surface area contributed by atoms with E-state index >= 15 is 0 Å². The average molecular weight is 300 g/mol. The molecule has 1 aliphatic rings. The van der Waals surface area contributed by atoms with Crippen LogP contribution >= 0.6 is 0 Å². The molecule has 1 aromatic heterocycles. The quantitative estimate of drug-likeness (QED) is 0.790. The number of likely N-dealkylation sites (tertiary alicyclic amines) is 1. The molecular weight excluding hydrogens is 272 g/mol. The molecule has 0 saturated carbocycles. The normalized spacial score (nSPS) is 24.0. The van der Waals surface area contributed by atoms with Crippen LogP contribution in [-0.2, 0) is 0 Å². The van der Waals surface area contributed by atoms with Crippen LogP contribution < -0.4 is 0 Å². The maximum atomic E-state index is 6.05. The Balaban J connectivity index is 1.83. The number of hydrogen-bond acceptors (Lipinski definition) is 3. The zero-order valence-electron chi connectivity index (χ0n) is 14.5. The molecule has 0 N–H and O–H groups in total. The van der Waals surface area contributed by atoms with Gasteiger partial charge in [0, 0.05) is 17.5 Å². The molecule has 2 aromatic rings. The van der Waals surface area contributed by atoms with E-state index in [1.807, 2.05) is 6.07 Å². The Bertz CT molecular complexity index is 653. The summed E-state index contributed by atoms with van der Waals surface area (Å²) in [6.45, 7) is 12.5. The Morgan fingerprint density at radius 1 is 1.32 bits per heavy atom. The Morgan fingerprint density at radius 3 is 2.77 bits per heavy atom. The van der Waals surface area contributed by atoms with Gasteiger partial charge in [-0.25, -0.2) is 4.98 Å². The van der Waals surface area contributed by atoms with E-state index in [1.54, 1.807) is 0 Å². The second kappa shape index (κ2) is 5.69. The predicted molar refractivity (Wildman–Crippen MR) is 91.3 cm³/mol. The summed E-state index contributed by atoms with van der Waals surface area (Å²) in [6, 6.07) is 6.87. The van der Waals surface area contributed by atoms with Gasteiger partial charge in [-0.2, -0.15) is 0 Å². The second-order valence-electron chi connectivity index (χ2n) is 7.67. The van der Waals surface area contributed by atoms with Crippen LogP contribution in [0.15, 0.2) is 22.6 Å². The highest BCUT2D eigenvalue weighted by Gasteiger charge is 2.35. The fourth-order valence-corrected chi connectivity index (χ4v) is 3.78. The van der Waals surface area contributed by atoms with Crippen molar-refractivity contribution in [2.75, 3.05) is 6.54 Å². The molecule has 0 spiro atoms. The molecular formula is C19H28N2O. The molecule has 22 heavy (non-hydrogen) atoms. The molecule has 3 heteroatoms. The van der Waals surface area contributed by atoms with Crippen LogP contribution in [0.5, 0.6) is 0 Å². The first-order valence-electron chi connectivity index (χ1n) is 8.52. The van der Waals surface area contributed by atoms with E-state index in [4.69, 9.17) is 9.40 Å². The Labute approximate surface area is 133 Å². The Kier molecular flexibility index (Phi) is 4.02. The van der Waals surface area contributed by atoms with Gasteiger partial charge in [-0.05, 0) is 71.2 Å². The lowest BCUT2D eigenvalue weighted by Crippen LogP contribution is -2.51. The zero-order valence-corrected chi connectivity index (χ0v) is 14.5. The summed E-state index contributed by atoms with van der Waals surface area (Å²) < 4.78 is 6.05. The molecule has 2 atom stereocenters. The van der Waals surface area contributed by atoms with E-state index in [2.05, 4.69) is 51.7 Å². The number of piperidine rings is 1. The average Bonchev–Trinajstić information content (AvgIpc) is 2.88. The summed E-state index contributed by atoms with van der Waals surface area (Å²) in [5, 5.41) is 0. The van der Waals surface area contributed by atoms with Crippen LogP contribution in [-0.4, -0.2) is 28.0 Å². The first-order valence-corrected chi connectivity index (χ1v) is 8.52. The number of nitrogens with zero attached hydrogens (tertiary/aromatic N) is 2. The van der Waals surface area contributed by atoms with Gasteiger partial charge in [0.2, 0.25) is 0 Å². The van der Waals surface area contributed by atoms with Crippen molar-refractivity contribution in [2.45, 2.75) is 71.4 Å². The SMILES string of the molecule is CC[C@@H]1C[C@H](c2nc3cc(C)ccc3o2)CCN1C(C)(C)C. The number of aromatic nitrogens is 1. The van der Waals surface area contributed by atoms with Crippen LogP contribution in [0.2, 0.25) is 0 Å². The minimum Gasteiger partial charge on any atom is -0.440 e. The van der Waals surface area contributed by atoms with Crippen molar-refractivity contribution in [1.29, 1.82) is 0 Å². The molecule has 1 fully saturated rings. The first kappa shape index (κ1) is 15.5. The second-order valence-corrected chi connectivity index (χ2v) is 7.67. The van der Waals surface area contributed by atoms with E-state index in [0.29, 0.717) is 12.0 Å². The van der Waals surface area contributed by atoms with Gasteiger partial charge < -0.3 is 4.42 Å². The number of aryl methyl sites for hydroxylation is 1. The minimum absolute atomic E-state index is 0.240. The monoisotopic (exact) mass is 300 g/mol. The van der Waals surface area contributed by atoms with Crippen LogP contribution in [0.4, 0.5) is 0 Å². The van der Waals surface area contributed by atoms with Crippen LogP contribution in [0.3, 0.4) is 0 Å². The molecule has 0 radical (unpaired) electrons. The molecule has 1 aromatic carbocycles. The molecule has 1 saturated heterocycles. The van der Waals surface area contributed by atoms with Crippen molar-refractivity contribution < 1.29 is 4.42 Å². The third-order valence-corrected chi connectivity index (χ3v) is 4.96. The molecule has 0 amide bonds. The maximum absolute atomic E-state index is 6.05. The van der Waals surface area contributed by atoms with Gasteiger partial charge in [0.25, 0.3) is 0 Å². The standard InChI is InChI=1S/C19H28N2O/c1-6-15-12-14(9-10-21(15)19(3,4)5)18-20-16-11-13(2)7-8-17(16)22-18/h7-8,11,14-15H,6,9-10,12H2,1-5H3/t14-,15-/m1/s1. The highest BCUT2D eigenvalue weighted by Crippen LogP contribution is 2.36. The van der Waals surface area contributed by atoms with Crippen LogP contribution in [0.25, 0.3) is 11.1 Å². The molecule has 3 nitrogen and oxygen atoms in total. The maximum Gasteiger partial charge on any atom is 0.198 e. The van der Waals surface area contributed by atoms with Crippen molar-refractivity contribution in [3.63, 3.8) is 0 Å². The van der Waals surface area contributed by atoms with Gasteiger partial charge in [-0.3, -0.25) is 4.90 Å². The van der Waals surface area contributed by atoms with E-state index < -0.39 is 0 Å². The lowest BCUT2D eigenvalue weighted by atomic mass is 9.86.